The highest BCUT2D eigenvalue weighted by molar-refractivity contribution is 6.90. The van der Waals surface area contributed by atoms with Gasteiger partial charge in [0, 0.05) is 6.42 Å². The van der Waals surface area contributed by atoms with Gasteiger partial charge < -0.3 is 16.5 Å². The summed E-state index contributed by atoms with van der Waals surface area (Å²) in [5.74, 6) is 0. The Morgan fingerprint density at radius 1 is 0.577 bits per heavy atom. The van der Waals surface area contributed by atoms with Gasteiger partial charge in [0.2, 0.25) is 0 Å². The van der Waals surface area contributed by atoms with Gasteiger partial charge in [-0.1, -0.05) is 0 Å². The highest BCUT2D eigenvalue weighted by atomic mass is 28.5. The Bertz CT molecular complexity index is 429. The predicted molar refractivity (Wildman–Crippen MR) is 113 cm³/mol. The molecule has 0 aromatic heterocycles. The van der Waals surface area contributed by atoms with Crippen molar-refractivity contribution in [1.82, 2.24) is 0 Å². The van der Waals surface area contributed by atoms with E-state index < -0.39 is 54.9 Å². The summed E-state index contributed by atoms with van der Waals surface area (Å²) < 4.78 is 63.6. The Hall–Kier alpha value is 0.714. The molecule has 4 nitrogen and oxygen atoms in total. The first-order valence-electron chi connectivity index (χ1n) is 8.91. The molecule has 0 saturated heterocycles. The molecule has 0 amide bonds. The number of halogens is 3. The van der Waals surface area contributed by atoms with Crippen LogP contribution in [0.25, 0.3) is 0 Å². The smallest absolute Gasteiger partial charge is 0.389 e. The second-order valence-corrected chi connectivity index (χ2v) is 29.8. The quantitative estimate of drug-likeness (QED) is 0.362. The normalized spacial score (nSPS) is 15.5. The van der Waals surface area contributed by atoms with Crippen LogP contribution in [-0.4, -0.2) is 48.5 Å². The molecule has 0 N–H and O–H groups in total. The average Bonchev–Trinajstić information content (AvgIpc) is 2.15. The monoisotopic (exact) mass is 466 g/mol. The first-order chi connectivity index (χ1) is 11.0. The second-order valence-electron chi connectivity index (χ2n) is 9.68. The van der Waals surface area contributed by atoms with Gasteiger partial charge >= 0.3 is 31.9 Å². The summed E-state index contributed by atoms with van der Waals surface area (Å²) in [4.78, 5) is 0. The van der Waals surface area contributed by atoms with Crippen LogP contribution in [0, 0.1) is 0 Å². The topological polar surface area (TPSA) is 36.9 Å². The Balaban J connectivity index is 5.48. The van der Waals surface area contributed by atoms with E-state index in [9.17, 15) is 13.2 Å². The zero-order chi connectivity index (χ0) is 21.2. The minimum atomic E-state index is -4.24. The number of hydrogen-bond acceptors (Lipinski definition) is 4. The third kappa shape index (κ3) is 13.8. The van der Waals surface area contributed by atoms with Gasteiger partial charge in [-0.3, -0.25) is 0 Å². The maximum Gasteiger partial charge on any atom is 0.389 e. The molecule has 0 rings (SSSR count). The fourth-order valence-electron chi connectivity index (χ4n) is 3.05. The minimum Gasteiger partial charge on any atom is -0.437 e. The molecule has 0 aromatic rings. The van der Waals surface area contributed by atoms with Crippen LogP contribution in [0.2, 0.25) is 78.1 Å². The van der Waals surface area contributed by atoms with Crippen LogP contribution in [-0.2, 0) is 16.5 Å². The zero-order valence-electron chi connectivity index (χ0n) is 18.2. The lowest BCUT2D eigenvalue weighted by Crippen LogP contribution is -2.59. The SMILES string of the molecule is C[Si](C)(C)O[Si](C)(C)O[Si](C)(CCC(F)(F)F)O[Si](C)(C)O[Si](C)(C)C. The summed E-state index contributed by atoms with van der Waals surface area (Å²) in [6.07, 6.45) is -5.15. The van der Waals surface area contributed by atoms with Crippen molar-refractivity contribution >= 4 is 42.3 Å². The maximum atomic E-state index is 12.9. The minimum absolute atomic E-state index is 0.145. The molecule has 0 unspecified atom stereocenters. The van der Waals surface area contributed by atoms with E-state index in [1.54, 1.807) is 6.55 Å². The maximum absolute atomic E-state index is 12.9. The molecule has 0 atom stereocenters. The number of alkyl halides is 3. The molecular weight excluding hydrogens is 430 g/mol. The molecule has 0 aliphatic rings. The first kappa shape index (κ1) is 26.7. The molecular formula is C14H37F3O4Si5. The molecule has 0 saturated carbocycles. The van der Waals surface area contributed by atoms with Crippen molar-refractivity contribution in [3.8, 4) is 0 Å². The van der Waals surface area contributed by atoms with Gasteiger partial charge in [0.1, 0.15) is 0 Å². The molecule has 0 radical (unpaired) electrons. The fourth-order valence-corrected chi connectivity index (χ4v) is 26.3. The van der Waals surface area contributed by atoms with Gasteiger partial charge in [0.15, 0.2) is 16.6 Å². The van der Waals surface area contributed by atoms with Gasteiger partial charge in [0.05, 0.1) is 0 Å². The summed E-state index contributed by atoms with van der Waals surface area (Å²) in [6, 6.07) is -0.145. The van der Waals surface area contributed by atoms with E-state index in [0.29, 0.717) is 0 Å². The zero-order valence-corrected chi connectivity index (χ0v) is 23.2. The second kappa shape index (κ2) is 8.61. The molecule has 0 bridgehead atoms. The van der Waals surface area contributed by atoms with E-state index in [0.717, 1.165) is 0 Å². The van der Waals surface area contributed by atoms with Crippen LogP contribution in [0.1, 0.15) is 6.42 Å². The van der Waals surface area contributed by atoms with E-state index >= 15 is 0 Å². The lowest BCUT2D eigenvalue weighted by Gasteiger charge is -2.43. The van der Waals surface area contributed by atoms with E-state index in [2.05, 4.69) is 0 Å². The highest BCUT2D eigenvalue weighted by Crippen LogP contribution is 2.33. The summed E-state index contributed by atoms with van der Waals surface area (Å²) in [7, 11) is -12.1. The van der Waals surface area contributed by atoms with E-state index in [4.69, 9.17) is 16.5 Å². The summed E-state index contributed by atoms with van der Waals surface area (Å²) >= 11 is 0. The van der Waals surface area contributed by atoms with E-state index in [1.807, 2.05) is 65.5 Å². The summed E-state index contributed by atoms with van der Waals surface area (Å²) in [6.45, 7) is 21.6. The summed E-state index contributed by atoms with van der Waals surface area (Å²) in [5.41, 5.74) is 0. The Morgan fingerprint density at radius 3 is 1.12 bits per heavy atom. The number of hydrogen-bond donors (Lipinski definition) is 0. The van der Waals surface area contributed by atoms with E-state index in [-0.39, 0.29) is 6.04 Å². The van der Waals surface area contributed by atoms with E-state index in [1.165, 1.54) is 0 Å². The average molecular weight is 467 g/mol. The van der Waals surface area contributed by atoms with Crippen molar-refractivity contribution in [3.63, 3.8) is 0 Å². The van der Waals surface area contributed by atoms with Crippen LogP contribution in [0.15, 0.2) is 0 Å². The lowest BCUT2D eigenvalue weighted by molar-refractivity contribution is -0.131. The third-order valence-corrected chi connectivity index (χ3v) is 20.3. The van der Waals surface area contributed by atoms with Crippen molar-refractivity contribution in [2.75, 3.05) is 0 Å². The summed E-state index contributed by atoms with van der Waals surface area (Å²) in [5, 5.41) is 0. The Labute approximate surface area is 162 Å². The van der Waals surface area contributed by atoms with Crippen molar-refractivity contribution in [2.45, 2.75) is 90.7 Å². The van der Waals surface area contributed by atoms with Crippen LogP contribution >= 0.6 is 0 Å². The van der Waals surface area contributed by atoms with Crippen molar-refractivity contribution in [1.29, 1.82) is 0 Å². The standard InChI is InChI=1S/C14H37F3O4Si5/c1-22(2,3)18-24(7,8)20-26(11,13-12-14(15,16)17)21-25(9,10)19-23(4,5)6/h12-13H2,1-11H3. The van der Waals surface area contributed by atoms with Gasteiger partial charge in [-0.2, -0.15) is 13.2 Å². The van der Waals surface area contributed by atoms with Crippen molar-refractivity contribution < 1.29 is 29.6 Å². The molecule has 0 heterocycles. The lowest BCUT2D eigenvalue weighted by atomic mass is 10.5. The van der Waals surface area contributed by atoms with Crippen LogP contribution < -0.4 is 0 Å². The number of rotatable bonds is 10. The predicted octanol–water partition coefficient (Wildman–Crippen LogP) is 6.15. The fraction of sp³-hybridized carbons (Fsp3) is 1.00. The van der Waals surface area contributed by atoms with Gasteiger partial charge in [-0.05, 0) is 78.1 Å². The largest absolute Gasteiger partial charge is 0.437 e. The van der Waals surface area contributed by atoms with Crippen LogP contribution in [0.4, 0.5) is 13.2 Å². The van der Waals surface area contributed by atoms with Crippen LogP contribution in [0.5, 0.6) is 0 Å². The molecule has 0 spiro atoms. The Kier molecular flexibility index (Phi) is 8.85. The Morgan fingerprint density at radius 2 is 0.885 bits per heavy atom. The molecule has 0 aromatic carbocycles. The molecule has 12 heteroatoms. The van der Waals surface area contributed by atoms with Gasteiger partial charge in [-0.15, -0.1) is 0 Å². The molecule has 158 valence electrons. The van der Waals surface area contributed by atoms with Crippen LogP contribution in [0.3, 0.4) is 0 Å². The first-order valence-corrected chi connectivity index (χ1v) is 23.9. The molecule has 0 aliphatic heterocycles. The van der Waals surface area contributed by atoms with Crippen molar-refractivity contribution in [2.24, 2.45) is 0 Å². The third-order valence-electron chi connectivity index (χ3n) is 2.89. The van der Waals surface area contributed by atoms with Gasteiger partial charge in [0.25, 0.3) is 0 Å². The molecule has 0 fully saturated rings. The molecule has 0 aliphatic carbocycles. The van der Waals surface area contributed by atoms with Crippen molar-refractivity contribution in [3.05, 3.63) is 0 Å². The van der Waals surface area contributed by atoms with Gasteiger partial charge in [-0.25, -0.2) is 0 Å². The highest BCUT2D eigenvalue weighted by Gasteiger charge is 2.48. The molecule has 26 heavy (non-hydrogen) atoms.